The van der Waals surface area contributed by atoms with Crippen LogP contribution in [0.4, 0.5) is 0 Å². The van der Waals surface area contributed by atoms with Crippen molar-refractivity contribution in [3.05, 3.63) is 11.9 Å². The molecule has 0 atom stereocenters. The topological polar surface area (TPSA) is 69.0 Å². The van der Waals surface area contributed by atoms with E-state index in [1.807, 2.05) is 0 Å². The van der Waals surface area contributed by atoms with Gasteiger partial charge < -0.3 is 4.74 Å². The molecule has 1 rings (SSSR count). The van der Waals surface area contributed by atoms with E-state index in [-0.39, 0.29) is 5.97 Å². The molecule has 0 aliphatic rings. The van der Waals surface area contributed by atoms with Crippen LogP contribution in [0.15, 0.2) is 6.20 Å². The van der Waals surface area contributed by atoms with Crippen LogP contribution in [-0.2, 0) is 23.1 Å². The van der Waals surface area contributed by atoms with Crippen molar-refractivity contribution >= 4 is 5.97 Å². The molecule has 1 heterocycles. The van der Waals surface area contributed by atoms with Gasteiger partial charge in [-0.2, -0.15) is 0 Å². The third kappa shape index (κ3) is 3.02. The van der Waals surface area contributed by atoms with Crippen LogP contribution in [0.3, 0.4) is 0 Å². The lowest BCUT2D eigenvalue weighted by Gasteiger charge is -2.22. The SMILES string of the molecule is COC(=O)C(C)(C)NCc1cn(C)nn1. The first kappa shape index (κ1) is 11.6. The Balaban J connectivity index is 2.53. The summed E-state index contributed by atoms with van der Waals surface area (Å²) >= 11 is 0. The standard InChI is InChI=1S/C9H16N4O2/c1-9(2,8(14)15-4)10-5-7-6-13(3)12-11-7/h6,10H,5H2,1-4H3. The lowest BCUT2D eigenvalue weighted by molar-refractivity contribution is -0.147. The van der Waals surface area contributed by atoms with E-state index in [4.69, 9.17) is 0 Å². The number of hydrogen-bond donors (Lipinski definition) is 1. The first-order valence-electron chi connectivity index (χ1n) is 4.64. The van der Waals surface area contributed by atoms with Crippen LogP contribution >= 0.6 is 0 Å². The Morgan fingerprint density at radius 3 is 2.80 bits per heavy atom. The molecule has 6 nitrogen and oxygen atoms in total. The van der Waals surface area contributed by atoms with Crippen molar-refractivity contribution in [2.24, 2.45) is 7.05 Å². The predicted octanol–water partition coefficient (Wildman–Crippen LogP) is -0.144. The highest BCUT2D eigenvalue weighted by Crippen LogP contribution is 2.05. The fourth-order valence-corrected chi connectivity index (χ4v) is 1.12. The average molecular weight is 212 g/mol. The van der Waals surface area contributed by atoms with Gasteiger partial charge in [-0.3, -0.25) is 14.8 Å². The highest BCUT2D eigenvalue weighted by atomic mass is 16.5. The maximum Gasteiger partial charge on any atom is 0.325 e. The number of nitrogens with zero attached hydrogens (tertiary/aromatic N) is 3. The van der Waals surface area contributed by atoms with Gasteiger partial charge in [0.05, 0.1) is 12.8 Å². The Morgan fingerprint density at radius 1 is 1.67 bits per heavy atom. The van der Waals surface area contributed by atoms with Crippen LogP contribution in [0, 0.1) is 0 Å². The summed E-state index contributed by atoms with van der Waals surface area (Å²) in [6, 6.07) is 0. The van der Waals surface area contributed by atoms with E-state index in [2.05, 4.69) is 20.4 Å². The quantitative estimate of drug-likeness (QED) is 0.703. The van der Waals surface area contributed by atoms with Crippen molar-refractivity contribution in [3.8, 4) is 0 Å². The van der Waals surface area contributed by atoms with Gasteiger partial charge >= 0.3 is 5.97 Å². The largest absolute Gasteiger partial charge is 0.468 e. The van der Waals surface area contributed by atoms with Gasteiger partial charge in [0.15, 0.2) is 0 Å². The normalized spacial score (nSPS) is 11.5. The Hall–Kier alpha value is -1.43. The summed E-state index contributed by atoms with van der Waals surface area (Å²) in [5.41, 5.74) is 0.0706. The van der Waals surface area contributed by atoms with Crippen LogP contribution in [0.5, 0.6) is 0 Å². The molecule has 0 aliphatic carbocycles. The molecule has 0 aliphatic heterocycles. The van der Waals surface area contributed by atoms with Crippen molar-refractivity contribution in [2.45, 2.75) is 25.9 Å². The van der Waals surface area contributed by atoms with Gasteiger partial charge in [-0.15, -0.1) is 5.10 Å². The number of aryl methyl sites for hydroxylation is 1. The van der Waals surface area contributed by atoms with Crippen LogP contribution in [0.1, 0.15) is 19.5 Å². The minimum atomic E-state index is -0.716. The molecule has 0 unspecified atom stereocenters. The van der Waals surface area contributed by atoms with E-state index in [1.54, 1.807) is 31.8 Å². The Morgan fingerprint density at radius 2 is 2.33 bits per heavy atom. The number of aromatic nitrogens is 3. The molecule has 6 heteroatoms. The number of ether oxygens (including phenoxy) is 1. The molecule has 0 radical (unpaired) electrons. The van der Waals surface area contributed by atoms with Crippen molar-refractivity contribution < 1.29 is 9.53 Å². The summed E-state index contributed by atoms with van der Waals surface area (Å²) in [6.45, 7) is 4.00. The Labute approximate surface area is 88.6 Å². The van der Waals surface area contributed by atoms with Crippen molar-refractivity contribution in [1.82, 2.24) is 20.3 Å². The molecule has 0 saturated heterocycles. The molecule has 1 aromatic rings. The van der Waals surface area contributed by atoms with Gasteiger partial charge in [0.25, 0.3) is 0 Å². The molecule has 0 spiro atoms. The maximum atomic E-state index is 11.3. The fraction of sp³-hybridized carbons (Fsp3) is 0.667. The highest BCUT2D eigenvalue weighted by Gasteiger charge is 2.27. The minimum Gasteiger partial charge on any atom is -0.468 e. The molecule has 0 aromatic carbocycles. The first-order chi connectivity index (χ1) is 6.95. The molecule has 0 fully saturated rings. The summed E-state index contributed by atoms with van der Waals surface area (Å²) < 4.78 is 6.28. The van der Waals surface area contributed by atoms with E-state index in [1.165, 1.54) is 7.11 Å². The second kappa shape index (κ2) is 4.39. The summed E-state index contributed by atoms with van der Waals surface area (Å²) in [4.78, 5) is 11.3. The summed E-state index contributed by atoms with van der Waals surface area (Å²) in [7, 11) is 3.16. The fourth-order valence-electron chi connectivity index (χ4n) is 1.12. The summed E-state index contributed by atoms with van der Waals surface area (Å²) in [5.74, 6) is -0.300. The van der Waals surface area contributed by atoms with E-state index in [9.17, 15) is 4.79 Å². The van der Waals surface area contributed by atoms with E-state index in [0.717, 1.165) is 5.69 Å². The second-order valence-corrected chi connectivity index (χ2v) is 3.85. The molecule has 0 saturated carbocycles. The molecule has 0 amide bonds. The van der Waals surface area contributed by atoms with Crippen molar-refractivity contribution in [2.75, 3.05) is 7.11 Å². The molecule has 15 heavy (non-hydrogen) atoms. The van der Waals surface area contributed by atoms with Gasteiger partial charge in [-0.25, -0.2) is 0 Å². The molecule has 0 bridgehead atoms. The maximum absolute atomic E-state index is 11.3. The van der Waals surface area contributed by atoms with Crippen molar-refractivity contribution in [3.63, 3.8) is 0 Å². The van der Waals surface area contributed by atoms with E-state index in [0.29, 0.717) is 6.54 Å². The number of carbonyl (C=O) groups excluding carboxylic acids is 1. The van der Waals surface area contributed by atoms with Crippen molar-refractivity contribution in [1.29, 1.82) is 0 Å². The average Bonchev–Trinajstić information content (AvgIpc) is 2.60. The highest BCUT2D eigenvalue weighted by molar-refractivity contribution is 5.79. The third-order valence-corrected chi connectivity index (χ3v) is 2.06. The number of methoxy groups -OCH3 is 1. The van der Waals surface area contributed by atoms with E-state index >= 15 is 0 Å². The minimum absolute atomic E-state index is 0.300. The third-order valence-electron chi connectivity index (χ3n) is 2.06. The zero-order chi connectivity index (χ0) is 11.5. The lowest BCUT2D eigenvalue weighted by Crippen LogP contribution is -2.47. The number of nitrogens with one attached hydrogen (secondary N) is 1. The Bertz CT molecular complexity index is 346. The number of carbonyl (C=O) groups is 1. The van der Waals surface area contributed by atoms with Crippen LogP contribution < -0.4 is 5.32 Å². The first-order valence-corrected chi connectivity index (χ1v) is 4.64. The second-order valence-electron chi connectivity index (χ2n) is 3.85. The van der Waals surface area contributed by atoms with Crippen LogP contribution in [-0.4, -0.2) is 33.6 Å². The zero-order valence-electron chi connectivity index (χ0n) is 9.44. The smallest absolute Gasteiger partial charge is 0.325 e. The van der Waals surface area contributed by atoms with Gasteiger partial charge in [-0.05, 0) is 13.8 Å². The number of rotatable bonds is 4. The summed E-state index contributed by atoms with van der Waals surface area (Å²) in [5, 5.41) is 10.7. The molecular weight excluding hydrogens is 196 g/mol. The Kier molecular flexibility index (Phi) is 3.41. The summed E-state index contributed by atoms with van der Waals surface area (Å²) in [6.07, 6.45) is 1.79. The number of hydrogen-bond acceptors (Lipinski definition) is 5. The van der Waals surface area contributed by atoms with Gasteiger partial charge in [0, 0.05) is 19.8 Å². The van der Waals surface area contributed by atoms with Gasteiger partial charge in [-0.1, -0.05) is 5.21 Å². The predicted molar refractivity (Wildman–Crippen MR) is 53.9 cm³/mol. The van der Waals surface area contributed by atoms with Gasteiger partial charge in [0.1, 0.15) is 5.54 Å². The number of esters is 1. The van der Waals surface area contributed by atoms with Gasteiger partial charge in [0.2, 0.25) is 0 Å². The van der Waals surface area contributed by atoms with Crippen LogP contribution in [0.25, 0.3) is 0 Å². The monoisotopic (exact) mass is 212 g/mol. The van der Waals surface area contributed by atoms with Crippen LogP contribution in [0.2, 0.25) is 0 Å². The zero-order valence-corrected chi connectivity index (χ0v) is 9.44. The van der Waals surface area contributed by atoms with E-state index < -0.39 is 5.54 Å². The molecule has 1 N–H and O–H groups in total. The lowest BCUT2D eigenvalue weighted by atomic mass is 10.1. The molecular formula is C9H16N4O2. The molecule has 1 aromatic heterocycles. The molecule has 84 valence electrons.